The van der Waals surface area contributed by atoms with E-state index in [2.05, 4.69) is 10.1 Å². The summed E-state index contributed by atoms with van der Waals surface area (Å²) in [5.74, 6) is -2.63. The normalized spacial score (nSPS) is 17.4. The minimum atomic E-state index is -4.85. The number of ether oxygens (including phenoxy) is 1. The number of aliphatic hydroxyl groups excluding tert-OH is 1. The van der Waals surface area contributed by atoms with Gasteiger partial charge >= 0.3 is 57.7 Å². The number of nitrogens with one attached hydrogen (secondary N) is 1. The molecule has 0 saturated heterocycles. The summed E-state index contributed by atoms with van der Waals surface area (Å²) in [7, 11) is 0. The number of amides is 1. The van der Waals surface area contributed by atoms with Crippen LogP contribution in [0.5, 0.6) is 5.75 Å². The third kappa shape index (κ3) is 6.20. The Bertz CT molecular complexity index is 662. The Morgan fingerprint density at radius 1 is 1.38 bits per heavy atom. The molecule has 0 radical (unpaired) electrons. The maximum Gasteiger partial charge on any atom is 1.00 e. The van der Waals surface area contributed by atoms with Gasteiger partial charge in [-0.3, -0.25) is 4.79 Å². The van der Waals surface area contributed by atoms with E-state index in [9.17, 15) is 33.0 Å². The van der Waals surface area contributed by atoms with E-state index in [4.69, 9.17) is 0 Å². The fourth-order valence-electron chi connectivity index (χ4n) is 2.61. The zero-order chi connectivity index (χ0) is 18.8. The standard InChI is InChI=1S/C16H18F3NO5.K/c1-9(21)7-12(13(22)23)20-14(24)15(5-6-15)10-3-2-4-11(8-10)25-16(17,18)19;/h2-4,8-9,12,21H,5-7H2,1H3,(H,20,24)(H,22,23);/q;+1/p-1. The maximum atomic E-state index is 12.5. The number of hydrogen-bond acceptors (Lipinski definition) is 5. The molecule has 2 unspecified atom stereocenters. The Kier molecular flexibility index (Phi) is 8.12. The van der Waals surface area contributed by atoms with Crippen LogP contribution in [0.4, 0.5) is 13.2 Å². The second-order valence-corrected chi connectivity index (χ2v) is 6.09. The first-order valence-electron chi connectivity index (χ1n) is 7.60. The summed E-state index contributed by atoms with van der Waals surface area (Å²) in [5, 5.41) is 22.7. The van der Waals surface area contributed by atoms with Crippen molar-refractivity contribution in [3.05, 3.63) is 29.8 Å². The molecule has 0 aromatic heterocycles. The van der Waals surface area contributed by atoms with Crippen LogP contribution in [0.15, 0.2) is 24.3 Å². The molecule has 0 heterocycles. The summed E-state index contributed by atoms with van der Waals surface area (Å²) in [6, 6.07) is 3.65. The van der Waals surface area contributed by atoms with E-state index < -0.39 is 41.5 Å². The van der Waals surface area contributed by atoms with Crippen LogP contribution < -0.4 is 66.5 Å². The molecule has 10 heteroatoms. The number of aliphatic carboxylic acids is 1. The summed E-state index contributed by atoms with van der Waals surface area (Å²) in [6.45, 7) is 1.37. The number of benzene rings is 1. The molecule has 2 atom stereocenters. The average Bonchev–Trinajstić information content (AvgIpc) is 3.26. The van der Waals surface area contributed by atoms with E-state index in [0.29, 0.717) is 18.4 Å². The van der Waals surface area contributed by atoms with Crippen LogP contribution in [0, 0.1) is 0 Å². The van der Waals surface area contributed by atoms with Gasteiger partial charge in [0, 0.05) is 0 Å². The molecule has 0 bridgehead atoms. The number of aliphatic hydroxyl groups is 1. The number of rotatable bonds is 7. The first-order chi connectivity index (χ1) is 11.5. The monoisotopic (exact) mass is 399 g/mol. The molecule has 6 nitrogen and oxygen atoms in total. The Labute approximate surface area is 190 Å². The van der Waals surface area contributed by atoms with Crippen molar-refractivity contribution in [2.75, 3.05) is 0 Å². The fourth-order valence-corrected chi connectivity index (χ4v) is 2.61. The van der Waals surface area contributed by atoms with Crippen LogP contribution in [0.1, 0.15) is 31.7 Å². The fraction of sp³-hybridized carbons (Fsp3) is 0.500. The largest absolute Gasteiger partial charge is 1.00 e. The number of carbonyl (C=O) groups excluding carboxylic acids is 2. The van der Waals surface area contributed by atoms with Gasteiger partial charge in [0.2, 0.25) is 5.91 Å². The summed E-state index contributed by atoms with van der Waals surface area (Å²) < 4.78 is 40.8. The van der Waals surface area contributed by atoms with Gasteiger partial charge < -0.3 is 25.1 Å². The second kappa shape index (κ2) is 9.02. The van der Waals surface area contributed by atoms with Gasteiger partial charge in [-0.15, -0.1) is 13.2 Å². The Balaban J connectivity index is 0.00000338. The van der Waals surface area contributed by atoms with Crippen molar-refractivity contribution in [3.8, 4) is 5.75 Å². The molecule has 1 fully saturated rings. The molecule has 1 saturated carbocycles. The minimum absolute atomic E-state index is 0. The van der Waals surface area contributed by atoms with Crippen molar-refractivity contribution in [1.82, 2.24) is 5.32 Å². The van der Waals surface area contributed by atoms with E-state index >= 15 is 0 Å². The quantitative estimate of drug-likeness (QED) is 0.500. The smallest absolute Gasteiger partial charge is 0.548 e. The van der Waals surface area contributed by atoms with Crippen molar-refractivity contribution in [2.45, 2.75) is 50.1 Å². The predicted octanol–water partition coefficient (Wildman–Crippen LogP) is -2.37. The number of hydrogen-bond donors (Lipinski definition) is 2. The summed E-state index contributed by atoms with van der Waals surface area (Å²) in [4.78, 5) is 23.6. The Hall–Kier alpha value is -0.654. The first-order valence-corrected chi connectivity index (χ1v) is 7.60. The maximum absolute atomic E-state index is 12.5. The minimum Gasteiger partial charge on any atom is -0.548 e. The van der Waals surface area contributed by atoms with Crippen LogP contribution in [0.25, 0.3) is 0 Å². The van der Waals surface area contributed by atoms with Crippen molar-refractivity contribution in [1.29, 1.82) is 0 Å². The number of carbonyl (C=O) groups is 2. The molecule has 138 valence electrons. The van der Waals surface area contributed by atoms with Gasteiger partial charge in [0.25, 0.3) is 0 Å². The van der Waals surface area contributed by atoms with Crippen LogP contribution in [0.2, 0.25) is 0 Å². The zero-order valence-corrected chi connectivity index (χ0v) is 17.4. The molecule has 1 aliphatic carbocycles. The Morgan fingerprint density at radius 3 is 2.46 bits per heavy atom. The molecule has 1 aromatic rings. The topological polar surface area (TPSA) is 98.7 Å². The van der Waals surface area contributed by atoms with Gasteiger partial charge in [0.15, 0.2) is 0 Å². The average molecular weight is 399 g/mol. The first kappa shape index (κ1) is 23.4. The van der Waals surface area contributed by atoms with E-state index in [1.54, 1.807) is 0 Å². The number of carboxylic acid groups (broad SMARTS) is 1. The van der Waals surface area contributed by atoms with Gasteiger partial charge in [0.1, 0.15) is 5.75 Å². The summed E-state index contributed by atoms with van der Waals surface area (Å²) >= 11 is 0. The van der Waals surface area contributed by atoms with E-state index in [0.717, 1.165) is 12.1 Å². The molecule has 2 rings (SSSR count). The Morgan fingerprint density at radius 2 is 2.00 bits per heavy atom. The molecule has 2 N–H and O–H groups in total. The van der Waals surface area contributed by atoms with Crippen molar-refractivity contribution >= 4 is 11.9 Å². The van der Waals surface area contributed by atoms with Crippen LogP contribution in [-0.2, 0) is 15.0 Å². The third-order valence-electron chi connectivity index (χ3n) is 3.97. The zero-order valence-electron chi connectivity index (χ0n) is 14.3. The molecule has 1 aliphatic rings. The molecule has 0 spiro atoms. The molecule has 1 amide bonds. The number of carboxylic acids is 1. The number of halogens is 3. The number of alkyl halides is 3. The van der Waals surface area contributed by atoms with E-state index in [-0.39, 0.29) is 57.8 Å². The molecule has 26 heavy (non-hydrogen) atoms. The molecular weight excluding hydrogens is 382 g/mol. The SMILES string of the molecule is CC(O)CC(NC(=O)C1(c2cccc(OC(F)(F)F)c2)CC1)C(=O)[O-].[K+]. The van der Waals surface area contributed by atoms with Crippen molar-refractivity contribution in [2.24, 2.45) is 0 Å². The molecule has 0 aliphatic heterocycles. The summed E-state index contributed by atoms with van der Waals surface area (Å²) in [6.07, 6.45) is -5.33. The van der Waals surface area contributed by atoms with Crippen LogP contribution >= 0.6 is 0 Å². The van der Waals surface area contributed by atoms with Crippen molar-refractivity contribution in [3.63, 3.8) is 0 Å². The van der Waals surface area contributed by atoms with Gasteiger partial charge in [0.05, 0.1) is 23.5 Å². The van der Waals surface area contributed by atoms with Gasteiger partial charge in [-0.2, -0.15) is 0 Å². The summed E-state index contributed by atoms with van der Waals surface area (Å²) in [5.41, 5.74) is -0.793. The molecule has 1 aromatic carbocycles. The predicted molar refractivity (Wildman–Crippen MR) is 77.3 cm³/mol. The van der Waals surface area contributed by atoms with Crippen LogP contribution in [0.3, 0.4) is 0 Å². The van der Waals surface area contributed by atoms with Crippen LogP contribution in [-0.4, -0.2) is 35.5 Å². The third-order valence-corrected chi connectivity index (χ3v) is 3.97. The van der Waals surface area contributed by atoms with E-state index in [1.165, 1.54) is 19.1 Å². The second-order valence-electron chi connectivity index (χ2n) is 6.09. The van der Waals surface area contributed by atoms with E-state index in [1.807, 2.05) is 0 Å². The van der Waals surface area contributed by atoms with Gasteiger partial charge in [-0.05, 0) is 43.9 Å². The van der Waals surface area contributed by atoms with Gasteiger partial charge in [-0.1, -0.05) is 12.1 Å². The van der Waals surface area contributed by atoms with Crippen molar-refractivity contribution < 1.29 is 89.1 Å². The van der Waals surface area contributed by atoms with Gasteiger partial charge in [-0.25, -0.2) is 0 Å². The molecular formula is C16H17F3KNO5.